The molecule has 2 atom stereocenters. The van der Waals surface area contributed by atoms with Crippen molar-refractivity contribution in [2.24, 2.45) is 11.7 Å². The van der Waals surface area contributed by atoms with Gasteiger partial charge in [-0.25, -0.2) is 0 Å². The first-order valence-electron chi connectivity index (χ1n) is 7.42. The summed E-state index contributed by atoms with van der Waals surface area (Å²) in [6, 6.07) is 0.628. The van der Waals surface area contributed by atoms with Gasteiger partial charge in [-0.1, -0.05) is 6.92 Å². The van der Waals surface area contributed by atoms with Gasteiger partial charge < -0.3 is 10.6 Å². The molecule has 0 aromatic heterocycles. The summed E-state index contributed by atoms with van der Waals surface area (Å²) in [6.45, 7) is 7.11. The molecule has 2 unspecified atom stereocenters. The number of nitrogens with zero attached hydrogens (tertiary/aromatic N) is 2. The summed E-state index contributed by atoms with van der Waals surface area (Å²) in [6.07, 6.45) is 5.31. The molecule has 0 aliphatic carbocycles. The summed E-state index contributed by atoms with van der Waals surface area (Å²) >= 11 is 0. The van der Waals surface area contributed by atoms with Crippen molar-refractivity contribution >= 4 is 5.91 Å². The lowest BCUT2D eigenvalue weighted by atomic mass is 10.1. The molecule has 2 rings (SSSR count). The summed E-state index contributed by atoms with van der Waals surface area (Å²) in [5.74, 6) is 0.799. The van der Waals surface area contributed by atoms with Gasteiger partial charge in [0.25, 0.3) is 0 Å². The molecule has 4 nitrogen and oxygen atoms in total. The number of carbonyl (C=O) groups is 1. The molecule has 4 heteroatoms. The van der Waals surface area contributed by atoms with Crippen LogP contribution in [0.25, 0.3) is 0 Å². The van der Waals surface area contributed by atoms with Crippen molar-refractivity contribution in [2.45, 2.75) is 45.1 Å². The molecular weight excluding hydrogens is 226 g/mol. The van der Waals surface area contributed by atoms with E-state index in [0.717, 1.165) is 25.9 Å². The van der Waals surface area contributed by atoms with Gasteiger partial charge in [-0.05, 0) is 44.7 Å². The number of rotatable bonds is 4. The molecule has 2 heterocycles. The van der Waals surface area contributed by atoms with Gasteiger partial charge in [-0.2, -0.15) is 0 Å². The highest BCUT2D eigenvalue weighted by Gasteiger charge is 2.30. The first-order valence-corrected chi connectivity index (χ1v) is 7.42. The molecular formula is C14H27N3O. The SMILES string of the molecule is CC(CN)CCC(=O)N1CCCN2CCCC2C1. The second kappa shape index (κ2) is 6.53. The number of amides is 1. The average molecular weight is 253 g/mol. The van der Waals surface area contributed by atoms with Crippen LogP contribution in [-0.4, -0.2) is 54.5 Å². The van der Waals surface area contributed by atoms with E-state index >= 15 is 0 Å². The second-order valence-corrected chi connectivity index (χ2v) is 5.90. The zero-order valence-corrected chi connectivity index (χ0v) is 11.6. The summed E-state index contributed by atoms with van der Waals surface area (Å²) in [5.41, 5.74) is 5.60. The van der Waals surface area contributed by atoms with Crippen LogP contribution >= 0.6 is 0 Å². The van der Waals surface area contributed by atoms with Crippen molar-refractivity contribution in [3.63, 3.8) is 0 Å². The third-order valence-electron chi connectivity index (χ3n) is 4.41. The largest absolute Gasteiger partial charge is 0.341 e. The molecule has 2 aliphatic rings. The van der Waals surface area contributed by atoms with Gasteiger partial charge >= 0.3 is 0 Å². The van der Waals surface area contributed by atoms with E-state index in [2.05, 4.69) is 16.7 Å². The van der Waals surface area contributed by atoms with Crippen LogP contribution in [0.5, 0.6) is 0 Å². The van der Waals surface area contributed by atoms with Crippen LogP contribution in [0.4, 0.5) is 0 Å². The third-order valence-corrected chi connectivity index (χ3v) is 4.41. The van der Waals surface area contributed by atoms with E-state index in [-0.39, 0.29) is 0 Å². The maximum Gasteiger partial charge on any atom is 0.222 e. The number of hydrogen-bond acceptors (Lipinski definition) is 3. The molecule has 0 saturated carbocycles. The maximum atomic E-state index is 12.2. The van der Waals surface area contributed by atoms with Crippen molar-refractivity contribution in [2.75, 3.05) is 32.7 Å². The number of carbonyl (C=O) groups excluding carboxylic acids is 1. The Morgan fingerprint density at radius 3 is 2.89 bits per heavy atom. The summed E-state index contributed by atoms with van der Waals surface area (Å²) < 4.78 is 0. The van der Waals surface area contributed by atoms with Gasteiger partial charge in [0, 0.05) is 32.1 Å². The molecule has 0 aromatic carbocycles. The van der Waals surface area contributed by atoms with E-state index in [1.54, 1.807) is 0 Å². The molecule has 2 aliphatic heterocycles. The molecule has 104 valence electrons. The van der Waals surface area contributed by atoms with Crippen LogP contribution in [-0.2, 0) is 4.79 Å². The minimum absolute atomic E-state index is 0.337. The van der Waals surface area contributed by atoms with Crippen molar-refractivity contribution < 1.29 is 4.79 Å². The summed E-state index contributed by atoms with van der Waals surface area (Å²) in [7, 11) is 0. The average Bonchev–Trinajstić information content (AvgIpc) is 2.72. The van der Waals surface area contributed by atoms with Crippen molar-refractivity contribution in [1.29, 1.82) is 0 Å². The van der Waals surface area contributed by atoms with Gasteiger partial charge in [0.1, 0.15) is 0 Å². The Labute approximate surface area is 110 Å². The molecule has 0 aromatic rings. The lowest BCUT2D eigenvalue weighted by molar-refractivity contribution is -0.131. The zero-order chi connectivity index (χ0) is 13.0. The molecule has 2 saturated heterocycles. The van der Waals surface area contributed by atoms with Gasteiger partial charge in [-0.3, -0.25) is 9.69 Å². The topological polar surface area (TPSA) is 49.6 Å². The maximum absolute atomic E-state index is 12.2. The molecule has 0 bridgehead atoms. The normalized spacial score (nSPS) is 26.8. The van der Waals surface area contributed by atoms with E-state index < -0.39 is 0 Å². The lowest BCUT2D eigenvalue weighted by Crippen LogP contribution is -2.39. The van der Waals surface area contributed by atoms with Gasteiger partial charge in [0.05, 0.1) is 0 Å². The molecule has 2 N–H and O–H groups in total. The predicted octanol–water partition coefficient (Wildman–Crippen LogP) is 1.06. The molecule has 2 fully saturated rings. The predicted molar refractivity (Wildman–Crippen MR) is 73.2 cm³/mol. The van der Waals surface area contributed by atoms with Crippen LogP contribution in [0, 0.1) is 5.92 Å². The molecule has 1 amide bonds. The Kier molecular flexibility index (Phi) is 5.01. The van der Waals surface area contributed by atoms with Crippen LogP contribution < -0.4 is 5.73 Å². The Morgan fingerprint density at radius 2 is 2.11 bits per heavy atom. The first-order chi connectivity index (χ1) is 8.70. The Morgan fingerprint density at radius 1 is 1.33 bits per heavy atom. The second-order valence-electron chi connectivity index (χ2n) is 5.90. The number of nitrogens with two attached hydrogens (primary N) is 1. The lowest BCUT2D eigenvalue weighted by Gasteiger charge is -2.26. The van der Waals surface area contributed by atoms with Crippen molar-refractivity contribution in [3.05, 3.63) is 0 Å². The first kappa shape index (κ1) is 13.8. The molecule has 18 heavy (non-hydrogen) atoms. The number of hydrogen-bond donors (Lipinski definition) is 1. The highest BCUT2D eigenvalue weighted by Crippen LogP contribution is 2.22. The van der Waals surface area contributed by atoms with E-state index in [1.165, 1.54) is 25.9 Å². The fourth-order valence-electron chi connectivity index (χ4n) is 3.08. The Balaban J connectivity index is 1.82. The zero-order valence-electron chi connectivity index (χ0n) is 11.6. The van der Waals surface area contributed by atoms with Crippen molar-refractivity contribution in [1.82, 2.24) is 9.80 Å². The van der Waals surface area contributed by atoms with E-state index in [9.17, 15) is 4.79 Å². The van der Waals surface area contributed by atoms with Gasteiger partial charge in [-0.15, -0.1) is 0 Å². The standard InChI is InChI=1S/C14H27N3O/c1-12(10-15)5-6-14(18)17-9-3-8-16-7-2-4-13(16)11-17/h12-13H,2-11,15H2,1H3. The minimum Gasteiger partial charge on any atom is -0.341 e. The van der Waals surface area contributed by atoms with Crippen molar-refractivity contribution in [3.8, 4) is 0 Å². The van der Waals surface area contributed by atoms with E-state index in [0.29, 0.717) is 30.8 Å². The minimum atomic E-state index is 0.337. The Bertz CT molecular complexity index is 282. The van der Waals surface area contributed by atoms with Crippen LogP contribution in [0.2, 0.25) is 0 Å². The fourth-order valence-corrected chi connectivity index (χ4v) is 3.08. The molecule has 0 radical (unpaired) electrons. The molecule has 0 spiro atoms. The summed E-state index contributed by atoms with van der Waals surface area (Å²) in [4.78, 5) is 16.9. The third kappa shape index (κ3) is 3.45. The Hall–Kier alpha value is -0.610. The highest BCUT2D eigenvalue weighted by atomic mass is 16.2. The van der Waals surface area contributed by atoms with E-state index in [1.807, 2.05) is 0 Å². The smallest absolute Gasteiger partial charge is 0.222 e. The van der Waals surface area contributed by atoms with Crippen LogP contribution in [0.15, 0.2) is 0 Å². The van der Waals surface area contributed by atoms with Gasteiger partial charge in [0.2, 0.25) is 5.91 Å². The monoisotopic (exact) mass is 253 g/mol. The fraction of sp³-hybridized carbons (Fsp3) is 0.929. The van der Waals surface area contributed by atoms with Crippen LogP contribution in [0.3, 0.4) is 0 Å². The summed E-state index contributed by atoms with van der Waals surface area (Å²) in [5, 5.41) is 0. The number of fused-ring (bicyclic) bond motifs is 1. The van der Waals surface area contributed by atoms with E-state index in [4.69, 9.17) is 5.73 Å². The van der Waals surface area contributed by atoms with Gasteiger partial charge in [0.15, 0.2) is 0 Å². The van der Waals surface area contributed by atoms with Crippen LogP contribution in [0.1, 0.15) is 39.0 Å². The quantitative estimate of drug-likeness (QED) is 0.815. The highest BCUT2D eigenvalue weighted by molar-refractivity contribution is 5.76.